The van der Waals surface area contributed by atoms with Crippen LogP contribution in [0.5, 0.6) is 0 Å². The first-order chi connectivity index (χ1) is 3.00. The second kappa shape index (κ2) is 5.19. The Morgan fingerprint density at radius 3 is 2.57 bits per heavy atom. The maximum Gasteiger partial charge on any atom is 1.00 e. The Bertz CT molecular complexity index is 78.4. The molecule has 1 aliphatic rings. The van der Waals surface area contributed by atoms with Crippen LogP contribution in [0.25, 0.3) is 0 Å². The number of dihydropyridines is 1. The molecule has 0 atom stereocenters. The zero-order valence-electron chi connectivity index (χ0n) is 5.59. The average Bonchev–Trinajstić information content (AvgIpc) is 1.72. The zero-order chi connectivity index (χ0) is 4.24. The van der Waals surface area contributed by atoms with Crippen molar-refractivity contribution in [2.24, 2.45) is 4.99 Å². The van der Waals surface area contributed by atoms with Crippen LogP contribution in [0.4, 0.5) is 0 Å². The van der Waals surface area contributed by atoms with Crippen LogP contribution in [0.3, 0.4) is 0 Å². The quantitative estimate of drug-likeness (QED) is 0.333. The first-order valence-electron chi connectivity index (χ1n) is 2.15. The molecule has 0 saturated carbocycles. The molecule has 0 bridgehead atoms. The van der Waals surface area contributed by atoms with Crippen LogP contribution in [-0.4, -0.2) is 12.8 Å². The summed E-state index contributed by atoms with van der Waals surface area (Å²) in [5.74, 6) is 0. The summed E-state index contributed by atoms with van der Waals surface area (Å²) < 4.78 is 0. The van der Waals surface area contributed by atoms with Gasteiger partial charge in [-0.1, -0.05) is 6.08 Å². The molecule has 0 N–H and O–H groups in total. The molecule has 1 heterocycles. The molecule has 2 heteroatoms. The number of hydrogen-bond donors (Lipinski definition) is 0. The van der Waals surface area contributed by atoms with Crippen LogP contribution >= 0.6 is 0 Å². The van der Waals surface area contributed by atoms with E-state index in [9.17, 15) is 0 Å². The molecule has 0 radical (unpaired) electrons. The minimum absolute atomic E-state index is 0. The predicted molar refractivity (Wildman–Crippen MR) is 28.2 cm³/mol. The Morgan fingerprint density at radius 1 is 1.57 bits per heavy atom. The first kappa shape index (κ1) is 8.05. The topological polar surface area (TPSA) is 12.4 Å². The number of hydrogen-bond acceptors (Lipinski definition) is 1. The van der Waals surface area contributed by atoms with Gasteiger partial charge in [0.25, 0.3) is 0 Å². The molecule has 0 fully saturated rings. The second-order valence-electron chi connectivity index (χ2n) is 1.27. The maximum absolute atomic E-state index is 3.97. The Kier molecular flexibility index (Phi) is 5.96. The minimum atomic E-state index is 0. The molecule has 1 aliphatic heterocycles. The molecule has 0 spiro atoms. The smallest absolute Gasteiger partial charge is 1.00 e. The van der Waals surface area contributed by atoms with Crippen molar-refractivity contribution in [3.05, 3.63) is 12.2 Å². The van der Waals surface area contributed by atoms with Crippen LogP contribution in [0, 0.1) is 0 Å². The normalized spacial score (nSPS) is 16.0. The Morgan fingerprint density at radius 2 is 2.43 bits per heavy atom. The van der Waals surface area contributed by atoms with Crippen molar-refractivity contribution in [1.82, 2.24) is 0 Å². The van der Waals surface area contributed by atoms with Crippen molar-refractivity contribution in [1.29, 1.82) is 0 Å². The molecule has 7 heavy (non-hydrogen) atoms. The molecule has 1 rings (SSSR count). The van der Waals surface area contributed by atoms with E-state index >= 15 is 0 Å². The van der Waals surface area contributed by atoms with E-state index in [0.29, 0.717) is 0 Å². The van der Waals surface area contributed by atoms with Crippen LogP contribution in [0.2, 0.25) is 0 Å². The molecule has 0 amide bonds. The van der Waals surface area contributed by atoms with Gasteiger partial charge in [-0.2, -0.15) is 0 Å². The second-order valence-corrected chi connectivity index (χ2v) is 1.27. The van der Waals surface area contributed by atoms with Gasteiger partial charge in [0.15, 0.2) is 0 Å². The molecule has 1 nitrogen and oxygen atoms in total. The number of rotatable bonds is 0. The molecular formula is C5H8KN. The average molecular weight is 121 g/mol. The molecule has 0 aromatic heterocycles. The third kappa shape index (κ3) is 3.61. The van der Waals surface area contributed by atoms with Gasteiger partial charge in [-0.3, -0.25) is 4.99 Å². The van der Waals surface area contributed by atoms with Crippen LogP contribution in [-0.2, 0) is 0 Å². The van der Waals surface area contributed by atoms with Gasteiger partial charge in [-0.05, 0) is 12.5 Å². The van der Waals surface area contributed by atoms with Gasteiger partial charge in [0.1, 0.15) is 0 Å². The van der Waals surface area contributed by atoms with Gasteiger partial charge in [-0.25, -0.2) is 0 Å². The predicted octanol–water partition coefficient (Wildman–Crippen LogP) is -1.87. The summed E-state index contributed by atoms with van der Waals surface area (Å²) in [6, 6.07) is 0. The summed E-state index contributed by atoms with van der Waals surface area (Å²) in [5, 5.41) is 0. The molecular weight excluding hydrogens is 113 g/mol. The van der Waals surface area contributed by atoms with Crippen molar-refractivity contribution in [3.8, 4) is 0 Å². The third-order valence-corrected chi connectivity index (χ3v) is 0.752. The zero-order valence-corrected chi connectivity index (χ0v) is 7.72. The summed E-state index contributed by atoms with van der Waals surface area (Å²) in [4.78, 5) is 3.97. The Labute approximate surface area is 87.8 Å². The van der Waals surface area contributed by atoms with Crippen LogP contribution in [0.15, 0.2) is 17.1 Å². The summed E-state index contributed by atoms with van der Waals surface area (Å²) in [5.41, 5.74) is 0. The summed E-state index contributed by atoms with van der Waals surface area (Å²) >= 11 is 0. The van der Waals surface area contributed by atoms with Gasteiger partial charge in [0.05, 0.1) is 0 Å². The molecule has 0 aliphatic carbocycles. The van der Waals surface area contributed by atoms with Crippen molar-refractivity contribution in [2.75, 3.05) is 6.54 Å². The van der Waals surface area contributed by atoms with E-state index in [1.807, 2.05) is 12.3 Å². The molecule has 0 unspecified atom stereocenters. The minimum Gasteiger partial charge on any atom is -1.00 e. The van der Waals surface area contributed by atoms with Gasteiger partial charge in [-0.15, -0.1) is 0 Å². The van der Waals surface area contributed by atoms with E-state index in [4.69, 9.17) is 0 Å². The summed E-state index contributed by atoms with van der Waals surface area (Å²) in [7, 11) is 0. The van der Waals surface area contributed by atoms with E-state index in [2.05, 4.69) is 11.1 Å². The van der Waals surface area contributed by atoms with Crippen molar-refractivity contribution in [3.63, 3.8) is 0 Å². The van der Waals surface area contributed by atoms with Gasteiger partial charge in [0.2, 0.25) is 0 Å². The van der Waals surface area contributed by atoms with Gasteiger partial charge >= 0.3 is 51.4 Å². The van der Waals surface area contributed by atoms with Crippen LogP contribution < -0.4 is 51.4 Å². The summed E-state index contributed by atoms with van der Waals surface area (Å²) in [6.45, 7) is 0.983. The molecule has 0 aromatic rings. The number of aliphatic imine (C=N–C) groups is 1. The van der Waals surface area contributed by atoms with Crippen LogP contribution in [0.1, 0.15) is 7.85 Å². The van der Waals surface area contributed by atoms with Crippen molar-refractivity contribution in [2.45, 2.75) is 6.42 Å². The fraction of sp³-hybridized carbons (Fsp3) is 0.400. The SMILES string of the molecule is C1=CCCN=C1.[H-].[K+]. The van der Waals surface area contributed by atoms with Crippen molar-refractivity contribution >= 4 is 6.21 Å². The number of nitrogens with zero attached hydrogens (tertiary/aromatic N) is 1. The van der Waals surface area contributed by atoms with E-state index in [1.165, 1.54) is 0 Å². The fourth-order valence-corrected chi connectivity index (χ4v) is 0.442. The maximum atomic E-state index is 3.97. The Balaban J connectivity index is 0. The van der Waals surface area contributed by atoms with E-state index in [0.717, 1.165) is 13.0 Å². The third-order valence-electron chi connectivity index (χ3n) is 0.752. The van der Waals surface area contributed by atoms with Crippen molar-refractivity contribution < 1.29 is 52.8 Å². The molecule has 0 aromatic carbocycles. The monoisotopic (exact) mass is 121 g/mol. The number of allylic oxidation sites excluding steroid dienone is 1. The fourth-order valence-electron chi connectivity index (χ4n) is 0.442. The van der Waals surface area contributed by atoms with E-state index in [1.54, 1.807) is 0 Å². The first-order valence-corrected chi connectivity index (χ1v) is 2.15. The Hall–Kier alpha value is 1.05. The van der Waals surface area contributed by atoms with E-state index in [-0.39, 0.29) is 52.8 Å². The van der Waals surface area contributed by atoms with E-state index < -0.39 is 0 Å². The van der Waals surface area contributed by atoms with Gasteiger partial charge in [0, 0.05) is 12.8 Å². The van der Waals surface area contributed by atoms with Gasteiger partial charge < -0.3 is 1.43 Å². The standard InChI is InChI=1S/C5H7N.K.H/c1-2-4-6-5-3-1;;/h1-2,4H,3,5H2;;/q;+1;-1. The summed E-state index contributed by atoms with van der Waals surface area (Å²) in [6.07, 6.45) is 7.05. The molecule has 0 saturated heterocycles. The molecule has 34 valence electrons. The largest absolute Gasteiger partial charge is 1.00 e.